The van der Waals surface area contributed by atoms with E-state index in [1.54, 1.807) is 24.4 Å². The molecule has 4 nitrogen and oxygen atoms in total. The van der Waals surface area contributed by atoms with Gasteiger partial charge in [-0.25, -0.2) is 0 Å². The number of rotatable bonds is 10. The molecule has 0 unspecified atom stereocenters. The van der Waals surface area contributed by atoms with E-state index < -0.39 is 29.6 Å². The van der Waals surface area contributed by atoms with Crippen molar-refractivity contribution < 1.29 is 35.8 Å². The predicted molar refractivity (Wildman–Crippen MR) is 133 cm³/mol. The zero-order chi connectivity index (χ0) is 27.9. The number of pyridine rings is 1. The van der Waals surface area contributed by atoms with Crippen LogP contribution >= 0.6 is 0 Å². The van der Waals surface area contributed by atoms with Crippen LogP contribution in [0.1, 0.15) is 22.4 Å². The van der Waals surface area contributed by atoms with Crippen molar-refractivity contribution in [1.29, 1.82) is 0 Å². The summed E-state index contributed by atoms with van der Waals surface area (Å²) in [6, 6.07) is 25.5. The lowest BCUT2D eigenvalue weighted by Crippen LogP contribution is -2.41. The quantitative estimate of drug-likeness (QED) is 0.214. The minimum Gasteiger partial charge on any atom is -0.406 e. The molecule has 0 radical (unpaired) electrons. The molecule has 0 saturated carbocycles. The summed E-state index contributed by atoms with van der Waals surface area (Å²) in [7, 11) is 0. The minimum absolute atomic E-state index is 0.142. The first-order valence-corrected chi connectivity index (χ1v) is 11.9. The molecule has 1 aromatic heterocycles. The molecule has 0 aliphatic carbocycles. The van der Waals surface area contributed by atoms with Crippen molar-refractivity contribution in [1.82, 2.24) is 10.3 Å². The second kappa shape index (κ2) is 11.8. The second-order valence-electron chi connectivity index (χ2n) is 8.82. The highest BCUT2D eigenvalue weighted by molar-refractivity contribution is 5.47. The molecule has 0 bridgehead atoms. The molecule has 10 heteroatoms. The van der Waals surface area contributed by atoms with Crippen molar-refractivity contribution in [3.05, 3.63) is 126 Å². The van der Waals surface area contributed by atoms with Gasteiger partial charge in [-0.3, -0.25) is 4.98 Å². The highest BCUT2D eigenvalue weighted by Gasteiger charge is 2.38. The molecule has 4 aromatic rings. The lowest BCUT2D eigenvalue weighted by molar-refractivity contribution is -0.275. The first kappa shape index (κ1) is 28.0. The van der Waals surface area contributed by atoms with Crippen LogP contribution in [0.5, 0.6) is 11.5 Å². The van der Waals surface area contributed by atoms with Crippen LogP contribution in [0.3, 0.4) is 0 Å². The monoisotopic (exact) mass is 546 g/mol. The predicted octanol–water partition coefficient (Wildman–Crippen LogP) is 7.20. The maximum Gasteiger partial charge on any atom is 0.573 e. The van der Waals surface area contributed by atoms with Gasteiger partial charge in [-0.15, -0.1) is 26.3 Å². The van der Waals surface area contributed by atoms with Gasteiger partial charge in [-0.05, 0) is 59.5 Å². The van der Waals surface area contributed by atoms with Crippen molar-refractivity contribution in [2.24, 2.45) is 0 Å². The number of hydrogen-bond donors (Lipinski definition) is 1. The molecule has 3 aromatic carbocycles. The Bertz CT molecular complexity index is 1290. The molecule has 4 rings (SSSR count). The van der Waals surface area contributed by atoms with Crippen molar-refractivity contribution in [3.63, 3.8) is 0 Å². The van der Waals surface area contributed by atoms with Crippen LogP contribution in [0.25, 0.3) is 0 Å². The Morgan fingerprint density at radius 2 is 1.21 bits per heavy atom. The number of alkyl halides is 6. The van der Waals surface area contributed by atoms with Gasteiger partial charge in [0, 0.05) is 24.7 Å². The van der Waals surface area contributed by atoms with Crippen LogP contribution in [0, 0.1) is 0 Å². The molecule has 1 N–H and O–H groups in total. The Morgan fingerprint density at radius 3 is 1.72 bits per heavy atom. The van der Waals surface area contributed by atoms with Gasteiger partial charge in [0.1, 0.15) is 11.5 Å². The maximum atomic E-state index is 13.1. The molecule has 39 heavy (non-hydrogen) atoms. The Balaban J connectivity index is 1.84. The summed E-state index contributed by atoms with van der Waals surface area (Å²) >= 11 is 0. The third kappa shape index (κ3) is 7.97. The van der Waals surface area contributed by atoms with Crippen LogP contribution in [0.15, 0.2) is 103 Å². The minimum atomic E-state index is -4.92. The fraction of sp³-hybridized carbons (Fsp3) is 0.207. The molecule has 1 heterocycles. The number of aromatic nitrogens is 1. The lowest BCUT2D eigenvalue weighted by Gasteiger charge is -2.36. The van der Waals surface area contributed by atoms with E-state index in [0.717, 1.165) is 11.3 Å². The molecule has 0 saturated heterocycles. The topological polar surface area (TPSA) is 43.4 Å². The third-order valence-electron chi connectivity index (χ3n) is 6.05. The summed E-state index contributed by atoms with van der Waals surface area (Å²) in [5.74, 6) is -0.880. The van der Waals surface area contributed by atoms with E-state index >= 15 is 0 Å². The zero-order valence-electron chi connectivity index (χ0n) is 20.5. The van der Waals surface area contributed by atoms with Crippen molar-refractivity contribution in [2.75, 3.05) is 6.54 Å². The first-order valence-electron chi connectivity index (χ1n) is 11.9. The summed E-state index contributed by atoms with van der Waals surface area (Å²) < 4.78 is 86.8. The molecular weight excluding hydrogens is 522 g/mol. The fourth-order valence-electron chi connectivity index (χ4n) is 4.47. The largest absolute Gasteiger partial charge is 0.573 e. The fourth-order valence-corrected chi connectivity index (χ4v) is 4.47. The maximum absolute atomic E-state index is 13.1. The van der Waals surface area contributed by atoms with Crippen molar-refractivity contribution in [2.45, 2.75) is 31.1 Å². The number of nitrogens with zero attached hydrogens (tertiary/aromatic N) is 1. The molecule has 0 spiro atoms. The SMILES string of the molecule is FC(F)(F)Oc1cccc(C(CNCc2ccccn2)(Cc2ccccc2)c2cccc(OC(F)(F)F)c2)c1. The number of halogens is 6. The van der Waals surface area contributed by atoms with Crippen LogP contribution in [-0.4, -0.2) is 24.3 Å². The summed E-state index contributed by atoms with van der Waals surface area (Å²) in [4.78, 5) is 4.28. The van der Waals surface area contributed by atoms with Gasteiger partial charge in [-0.2, -0.15) is 0 Å². The van der Waals surface area contributed by atoms with E-state index in [9.17, 15) is 26.3 Å². The molecular formula is C29H24F6N2O2. The number of ether oxygens (including phenoxy) is 2. The van der Waals surface area contributed by atoms with E-state index in [-0.39, 0.29) is 13.0 Å². The molecule has 0 atom stereocenters. The van der Waals surface area contributed by atoms with E-state index in [4.69, 9.17) is 0 Å². The molecule has 0 fully saturated rings. The van der Waals surface area contributed by atoms with Gasteiger partial charge in [0.05, 0.1) is 5.69 Å². The van der Waals surface area contributed by atoms with E-state index in [1.807, 2.05) is 42.5 Å². The van der Waals surface area contributed by atoms with Gasteiger partial charge in [0.25, 0.3) is 0 Å². The lowest BCUT2D eigenvalue weighted by atomic mass is 9.70. The second-order valence-corrected chi connectivity index (χ2v) is 8.82. The Labute approximate surface area is 221 Å². The summed E-state index contributed by atoms with van der Waals surface area (Å²) in [6.07, 6.45) is -7.96. The smallest absolute Gasteiger partial charge is 0.406 e. The Morgan fingerprint density at radius 1 is 0.641 bits per heavy atom. The van der Waals surface area contributed by atoms with Gasteiger partial charge in [-0.1, -0.05) is 60.7 Å². The van der Waals surface area contributed by atoms with Crippen LogP contribution in [0.4, 0.5) is 26.3 Å². The normalized spacial score (nSPS) is 12.3. The zero-order valence-corrected chi connectivity index (χ0v) is 20.5. The first-order chi connectivity index (χ1) is 18.5. The molecule has 0 amide bonds. The summed E-state index contributed by atoms with van der Waals surface area (Å²) in [5, 5.41) is 3.31. The van der Waals surface area contributed by atoms with Crippen LogP contribution < -0.4 is 14.8 Å². The van der Waals surface area contributed by atoms with Gasteiger partial charge >= 0.3 is 12.7 Å². The summed E-state index contributed by atoms with van der Waals surface area (Å²) in [5.41, 5.74) is 1.22. The summed E-state index contributed by atoms with van der Waals surface area (Å²) in [6.45, 7) is 0.457. The van der Waals surface area contributed by atoms with Crippen LogP contribution in [-0.2, 0) is 18.4 Å². The molecule has 0 aliphatic rings. The molecule has 0 aliphatic heterocycles. The Kier molecular flexibility index (Phi) is 8.44. The van der Waals surface area contributed by atoms with Crippen molar-refractivity contribution in [3.8, 4) is 11.5 Å². The number of hydrogen-bond acceptors (Lipinski definition) is 4. The van der Waals surface area contributed by atoms with E-state index in [1.165, 1.54) is 36.4 Å². The average Bonchev–Trinajstić information content (AvgIpc) is 2.88. The standard InChI is InChI=1S/C29H24F6N2O2/c30-28(31,32)38-25-13-6-10-22(16-25)27(18-21-8-2-1-3-9-21,20-36-19-24-12-4-5-15-37-24)23-11-7-14-26(17-23)39-29(33,34)35/h1-17,36H,18-20H2. The van der Waals surface area contributed by atoms with E-state index in [2.05, 4.69) is 19.8 Å². The highest BCUT2D eigenvalue weighted by Crippen LogP contribution is 2.40. The van der Waals surface area contributed by atoms with Crippen LogP contribution in [0.2, 0.25) is 0 Å². The van der Waals surface area contributed by atoms with Gasteiger partial charge in [0.2, 0.25) is 0 Å². The van der Waals surface area contributed by atoms with E-state index in [0.29, 0.717) is 17.7 Å². The number of nitrogens with one attached hydrogen (secondary N) is 1. The molecule has 204 valence electrons. The van der Waals surface area contributed by atoms with Gasteiger partial charge < -0.3 is 14.8 Å². The van der Waals surface area contributed by atoms with Gasteiger partial charge in [0.15, 0.2) is 0 Å². The Hall–Kier alpha value is -4.05. The highest BCUT2D eigenvalue weighted by atomic mass is 19.4. The number of benzene rings is 3. The third-order valence-corrected chi connectivity index (χ3v) is 6.05. The van der Waals surface area contributed by atoms with Crippen molar-refractivity contribution >= 4 is 0 Å². The average molecular weight is 547 g/mol.